The lowest BCUT2D eigenvalue weighted by molar-refractivity contribution is 0.0267. The van der Waals surface area contributed by atoms with Crippen molar-refractivity contribution in [3.05, 3.63) is 42.0 Å². The Hall–Kier alpha value is -3.66. The van der Waals surface area contributed by atoms with Crippen molar-refractivity contribution < 1.29 is 14.3 Å². The number of aryl methyl sites for hydroxylation is 2. The Morgan fingerprint density at radius 3 is 2.66 bits per heavy atom. The van der Waals surface area contributed by atoms with Gasteiger partial charge < -0.3 is 20.1 Å². The maximum absolute atomic E-state index is 13.0. The smallest absolute Gasteiger partial charge is 0.410 e. The molecule has 2 N–H and O–H groups in total. The molecule has 0 radical (unpaired) electrons. The van der Waals surface area contributed by atoms with E-state index in [1.165, 1.54) is 0 Å². The first kappa shape index (κ1) is 26.0. The van der Waals surface area contributed by atoms with Crippen molar-refractivity contribution in [3.8, 4) is 11.3 Å². The van der Waals surface area contributed by atoms with Gasteiger partial charge in [-0.25, -0.2) is 4.79 Å². The van der Waals surface area contributed by atoms with Crippen LogP contribution in [0.3, 0.4) is 0 Å². The Morgan fingerprint density at radius 2 is 1.97 bits per heavy atom. The van der Waals surface area contributed by atoms with E-state index in [4.69, 9.17) is 25.2 Å². The molecule has 0 saturated carbocycles. The minimum atomic E-state index is -0.576. The molecule has 1 amide bonds. The third kappa shape index (κ3) is 5.45. The number of rotatable bonds is 3. The number of amides is 1. The molecule has 5 rings (SSSR count). The SMILES string of the molecule is Cc1cc2cc(-c3cnn(C)c3)ncc2n1C(N)=C1CN(C(=O)OC(C)(C)C)CCC1=NC1CCOCC1. The number of carbonyl (C=O) groups is 1. The van der Waals surface area contributed by atoms with Gasteiger partial charge in [0.1, 0.15) is 11.4 Å². The van der Waals surface area contributed by atoms with Gasteiger partial charge in [-0.15, -0.1) is 0 Å². The number of hydrogen-bond acceptors (Lipinski definition) is 7. The molecule has 5 heterocycles. The van der Waals surface area contributed by atoms with E-state index >= 15 is 0 Å². The molecule has 0 bridgehead atoms. The van der Waals surface area contributed by atoms with Crippen LogP contribution in [0.4, 0.5) is 4.79 Å². The normalized spacial score (nSPS) is 19.8. The van der Waals surface area contributed by atoms with Gasteiger partial charge in [0.05, 0.1) is 36.2 Å². The van der Waals surface area contributed by atoms with E-state index in [9.17, 15) is 4.79 Å². The Kier molecular flexibility index (Phi) is 7.00. The van der Waals surface area contributed by atoms with E-state index in [0.29, 0.717) is 38.5 Å². The van der Waals surface area contributed by atoms with Crippen LogP contribution >= 0.6 is 0 Å². The summed E-state index contributed by atoms with van der Waals surface area (Å²) in [6, 6.07) is 4.35. The molecular formula is C28H37N7O3. The first-order chi connectivity index (χ1) is 18.1. The second-order valence-corrected chi connectivity index (χ2v) is 11.1. The van der Waals surface area contributed by atoms with Crippen molar-refractivity contribution in [2.24, 2.45) is 17.8 Å². The summed E-state index contributed by atoms with van der Waals surface area (Å²) in [5.41, 5.74) is 11.9. The lowest BCUT2D eigenvalue weighted by atomic mass is 10.0. The van der Waals surface area contributed by atoms with Crippen LogP contribution in [0.2, 0.25) is 0 Å². The molecule has 2 aliphatic heterocycles. The molecule has 38 heavy (non-hydrogen) atoms. The maximum atomic E-state index is 13.0. The number of carbonyl (C=O) groups excluding carboxylic acids is 1. The second-order valence-electron chi connectivity index (χ2n) is 11.1. The van der Waals surface area contributed by atoms with Gasteiger partial charge >= 0.3 is 6.09 Å². The highest BCUT2D eigenvalue weighted by Gasteiger charge is 2.31. The molecule has 3 aromatic rings. The highest BCUT2D eigenvalue weighted by atomic mass is 16.6. The topological polar surface area (TPSA) is 113 Å². The number of pyridine rings is 1. The first-order valence-electron chi connectivity index (χ1n) is 13.2. The zero-order valence-electron chi connectivity index (χ0n) is 22.9. The summed E-state index contributed by atoms with van der Waals surface area (Å²) in [6.07, 6.45) is 7.65. The third-order valence-electron chi connectivity index (χ3n) is 6.92. The van der Waals surface area contributed by atoms with Crippen LogP contribution in [0.5, 0.6) is 0 Å². The average Bonchev–Trinajstić information content (AvgIpc) is 3.45. The van der Waals surface area contributed by atoms with Crippen LogP contribution in [0.1, 0.15) is 45.7 Å². The van der Waals surface area contributed by atoms with Crippen LogP contribution in [-0.2, 0) is 16.5 Å². The molecule has 2 aliphatic rings. The quantitative estimate of drug-likeness (QED) is 0.557. The number of piperidine rings is 1. The van der Waals surface area contributed by atoms with Crippen LogP contribution in [0.15, 0.2) is 41.3 Å². The molecule has 0 spiro atoms. The van der Waals surface area contributed by atoms with Gasteiger partial charge in [-0.1, -0.05) is 0 Å². The summed E-state index contributed by atoms with van der Waals surface area (Å²) in [5, 5.41) is 5.30. The van der Waals surface area contributed by atoms with Crippen molar-refractivity contribution in [2.45, 2.75) is 58.6 Å². The van der Waals surface area contributed by atoms with Crippen molar-refractivity contribution in [3.63, 3.8) is 0 Å². The third-order valence-corrected chi connectivity index (χ3v) is 6.92. The van der Waals surface area contributed by atoms with Gasteiger partial charge in [0.25, 0.3) is 0 Å². The van der Waals surface area contributed by atoms with E-state index in [0.717, 1.165) is 52.0 Å². The van der Waals surface area contributed by atoms with Gasteiger partial charge in [-0.05, 0) is 52.7 Å². The lowest BCUT2D eigenvalue weighted by Crippen LogP contribution is -2.44. The Morgan fingerprint density at radius 1 is 1.21 bits per heavy atom. The van der Waals surface area contributed by atoms with E-state index in [-0.39, 0.29) is 12.1 Å². The molecular weight excluding hydrogens is 482 g/mol. The van der Waals surface area contributed by atoms with Crippen LogP contribution in [-0.4, -0.2) is 74.0 Å². The number of fused-ring (bicyclic) bond motifs is 1. The van der Waals surface area contributed by atoms with E-state index in [1.807, 2.05) is 51.7 Å². The zero-order valence-corrected chi connectivity index (χ0v) is 22.9. The number of aliphatic imine (C=N–C) groups is 1. The van der Waals surface area contributed by atoms with Gasteiger partial charge in [0, 0.05) is 67.4 Å². The summed E-state index contributed by atoms with van der Waals surface area (Å²) in [5.74, 6) is 0.562. The summed E-state index contributed by atoms with van der Waals surface area (Å²) < 4.78 is 15.0. The Balaban J connectivity index is 1.55. The number of ether oxygens (including phenoxy) is 2. The molecule has 202 valence electrons. The summed E-state index contributed by atoms with van der Waals surface area (Å²) >= 11 is 0. The minimum Gasteiger partial charge on any atom is -0.444 e. The number of nitrogens with two attached hydrogens (primary N) is 1. The zero-order chi connectivity index (χ0) is 27.0. The first-order valence-corrected chi connectivity index (χ1v) is 13.2. The highest BCUT2D eigenvalue weighted by molar-refractivity contribution is 6.07. The fraction of sp³-hybridized carbons (Fsp3) is 0.500. The van der Waals surface area contributed by atoms with Crippen LogP contribution < -0.4 is 5.73 Å². The predicted octanol–water partition coefficient (Wildman–Crippen LogP) is 4.13. The Bertz CT molecular complexity index is 1400. The summed E-state index contributed by atoms with van der Waals surface area (Å²) in [4.78, 5) is 24.5. The molecule has 0 aromatic carbocycles. The number of nitrogens with zero attached hydrogens (tertiary/aromatic N) is 6. The van der Waals surface area contributed by atoms with E-state index in [1.54, 1.807) is 15.8 Å². The maximum Gasteiger partial charge on any atom is 0.410 e. The summed E-state index contributed by atoms with van der Waals surface area (Å²) in [7, 11) is 1.89. The molecule has 2 saturated heterocycles. The van der Waals surface area contributed by atoms with Crippen molar-refractivity contribution in [1.82, 2.24) is 24.2 Å². The molecule has 0 aliphatic carbocycles. The predicted molar refractivity (Wildman–Crippen MR) is 148 cm³/mol. The van der Waals surface area contributed by atoms with Crippen molar-refractivity contribution in [2.75, 3.05) is 26.3 Å². The van der Waals surface area contributed by atoms with Crippen LogP contribution in [0.25, 0.3) is 28.0 Å². The molecule has 10 heteroatoms. The minimum absolute atomic E-state index is 0.195. The summed E-state index contributed by atoms with van der Waals surface area (Å²) in [6.45, 7) is 9.96. The fourth-order valence-corrected chi connectivity index (χ4v) is 5.05. The number of aromatic nitrogens is 4. The van der Waals surface area contributed by atoms with E-state index in [2.05, 4.69) is 17.2 Å². The lowest BCUT2D eigenvalue weighted by Gasteiger charge is -2.33. The highest BCUT2D eigenvalue weighted by Crippen LogP contribution is 2.29. The largest absolute Gasteiger partial charge is 0.444 e. The van der Waals surface area contributed by atoms with Gasteiger partial charge in [0.15, 0.2) is 0 Å². The van der Waals surface area contributed by atoms with E-state index < -0.39 is 5.60 Å². The second kappa shape index (κ2) is 10.2. The van der Waals surface area contributed by atoms with Gasteiger partial charge in [0.2, 0.25) is 0 Å². The average molecular weight is 520 g/mol. The van der Waals surface area contributed by atoms with Crippen molar-refractivity contribution >= 4 is 28.5 Å². The molecule has 2 fully saturated rings. The molecule has 3 aromatic heterocycles. The molecule has 0 atom stereocenters. The van der Waals surface area contributed by atoms with Crippen molar-refractivity contribution in [1.29, 1.82) is 0 Å². The van der Waals surface area contributed by atoms with Gasteiger partial charge in [-0.3, -0.25) is 19.2 Å². The Labute approximate surface area is 223 Å². The molecule has 0 unspecified atom stereocenters. The fourth-order valence-electron chi connectivity index (χ4n) is 5.05. The number of likely N-dealkylation sites (tertiary alicyclic amines) is 1. The number of hydrogen-bond donors (Lipinski definition) is 1. The monoisotopic (exact) mass is 519 g/mol. The standard InChI is InChI=1S/C28H37N7O3/c1-18-12-19-13-24(20-14-31-33(5)16-20)30-15-25(19)35(18)26(29)22-17-34(27(36)38-28(2,3)4)9-6-23(22)32-21-7-10-37-11-8-21/h12-16,21H,6-11,17,29H2,1-5H3. The van der Waals surface area contributed by atoms with Crippen LogP contribution in [0, 0.1) is 6.92 Å². The molecule has 10 nitrogen and oxygen atoms in total. The van der Waals surface area contributed by atoms with Gasteiger partial charge in [-0.2, -0.15) is 5.10 Å².